The third-order valence-corrected chi connectivity index (χ3v) is 3.93. The molecule has 0 saturated carbocycles. The number of carbonyl (C=O) groups is 2. The van der Waals surface area contributed by atoms with E-state index in [0.717, 1.165) is 5.56 Å². The lowest BCUT2D eigenvalue weighted by molar-refractivity contribution is -0.120. The van der Waals surface area contributed by atoms with Crippen LogP contribution in [0.4, 0.5) is 5.69 Å². The highest BCUT2D eigenvalue weighted by molar-refractivity contribution is 6.32. The molecule has 2 aromatic carbocycles. The van der Waals surface area contributed by atoms with Gasteiger partial charge in [-0.05, 0) is 42.8 Å². The van der Waals surface area contributed by atoms with E-state index in [-0.39, 0.29) is 12.5 Å². The minimum atomic E-state index is -0.576. The van der Waals surface area contributed by atoms with Crippen LogP contribution < -0.4 is 20.2 Å². The monoisotopic (exact) mass is 365 g/mol. The number of anilines is 1. The number of para-hydroxylation sites is 1. The first-order chi connectivity index (χ1) is 13.0. The first-order valence-electron chi connectivity index (χ1n) is 8.25. The smallest absolute Gasteiger partial charge is 0.280 e. The van der Waals surface area contributed by atoms with Crippen molar-refractivity contribution in [3.63, 3.8) is 0 Å². The number of hydrogen-bond acceptors (Lipinski definition) is 5. The molecular weight excluding hydrogens is 346 g/mol. The average molecular weight is 365 g/mol. The van der Waals surface area contributed by atoms with Gasteiger partial charge in [-0.1, -0.05) is 24.3 Å². The fourth-order valence-electron chi connectivity index (χ4n) is 2.64. The van der Waals surface area contributed by atoms with Crippen LogP contribution in [-0.2, 0) is 9.59 Å². The number of rotatable bonds is 6. The number of benzene rings is 2. The van der Waals surface area contributed by atoms with Gasteiger partial charge in [0.2, 0.25) is 0 Å². The van der Waals surface area contributed by atoms with E-state index in [0.29, 0.717) is 28.5 Å². The topological polar surface area (TPSA) is 94.2 Å². The second-order valence-electron chi connectivity index (χ2n) is 5.86. The second-order valence-corrected chi connectivity index (χ2v) is 5.86. The number of primary amides is 1. The molecule has 7 nitrogen and oxygen atoms in total. The molecule has 0 aromatic heterocycles. The van der Waals surface area contributed by atoms with Crippen molar-refractivity contribution in [2.24, 2.45) is 10.8 Å². The summed E-state index contributed by atoms with van der Waals surface area (Å²) in [5.74, 6) is 0.0532. The van der Waals surface area contributed by atoms with Crippen molar-refractivity contribution in [3.8, 4) is 11.5 Å². The Bertz CT molecular complexity index is 935. The molecular formula is C20H19N3O4. The number of nitrogens with two attached hydrogens (primary N) is 1. The Morgan fingerprint density at radius 2 is 1.93 bits per heavy atom. The van der Waals surface area contributed by atoms with Gasteiger partial charge in [0.1, 0.15) is 0 Å². The highest BCUT2D eigenvalue weighted by atomic mass is 16.5. The summed E-state index contributed by atoms with van der Waals surface area (Å²) in [5, 5.41) is 5.73. The van der Waals surface area contributed by atoms with Gasteiger partial charge in [-0.2, -0.15) is 10.1 Å². The van der Waals surface area contributed by atoms with Gasteiger partial charge in [0.25, 0.3) is 11.8 Å². The molecule has 7 heteroatoms. The van der Waals surface area contributed by atoms with Crippen molar-refractivity contribution >= 4 is 29.3 Å². The van der Waals surface area contributed by atoms with Crippen molar-refractivity contribution in [3.05, 3.63) is 59.7 Å². The standard InChI is InChI=1S/C20H19N3O4/c1-13-16(20(25)23(22-13)15-6-4-3-5-7-15)10-14-8-9-17(18(11-14)26-2)27-12-19(21)24/h3-11H,12H2,1-2H3,(H2,21,24)/b16-10+. The van der Waals surface area contributed by atoms with Gasteiger partial charge in [-0.25, -0.2) is 0 Å². The molecule has 2 aromatic rings. The van der Waals surface area contributed by atoms with Gasteiger partial charge in [-0.3, -0.25) is 9.59 Å². The normalized spacial score (nSPS) is 15.0. The predicted octanol–water partition coefficient (Wildman–Crippen LogP) is 2.37. The van der Waals surface area contributed by atoms with E-state index in [4.69, 9.17) is 15.2 Å². The van der Waals surface area contributed by atoms with Crippen LogP contribution in [0.1, 0.15) is 12.5 Å². The molecule has 0 aliphatic carbocycles. The maximum absolute atomic E-state index is 12.8. The van der Waals surface area contributed by atoms with E-state index in [1.54, 1.807) is 31.2 Å². The molecule has 0 unspecified atom stereocenters. The van der Waals surface area contributed by atoms with Crippen molar-refractivity contribution < 1.29 is 19.1 Å². The fraction of sp³-hybridized carbons (Fsp3) is 0.150. The zero-order chi connectivity index (χ0) is 19.4. The molecule has 0 atom stereocenters. The average Bonchev–Trinajstić information content (AvgIpc) is 2.95. The van der Waals surface area contributed by atoms with Crippen molar-refractivity contribution in [1.82, 2.24) is 0 Å². The predicted molar refractivity (Wildman–Crippen MR) is 103 cm³/mol. The van der Waals surface area contributed by atoms with Crippen LogP contribution in [0.2, 0.25) is 0 Å². The molecule has 3 rings (SSSR count). The van der Waals surface area contributed by atoms with E-state index < -0.39 is 5.91 Å². The Balaban J connectivity index is 1.87. The van der Waals surface area contributed by atoms with Gasteiger partial charge in [0.05, 0.1) is 24.1 Å². The number of ether oxygens (including phenoxy) is 2. The van der Waals surface area contributed by atoms with Crippen LogP contribution in [-0.4, -0.2) is 31.2 Å². The second kappa shape index (κ2) is 7.74. The van der Waals surface area contributed by atoms with Crippen molar-refractivity contribution in [2.45, 2.75) is 6.92 Å². The maximum Gasteiger partial charge on any atom is 0.280 e. The highest BCUT2D eigenvalue weighted by Crippen LogP contribution is 2.30. The lowest BCUT2D eigenvalue weighted by Crippen LogP contribution is -2.21. The van der Waals surface area contributed by atoms with Gasteiger partial charge in [0.15, 0.2) is 18.1 Å². The van der Waals surface area contributed by atoms with E-state index in [2.05, 4.69) is 5.10 Å². The van der Waals surface area contributed by atoms with Crippen LogP contribution in [0.15, 0.2) is 59.2 Å². The summed E-state index contributed by atoms with van der Waals surface area (Å²) in [4.78, 5) is 23.6. The van der Waals surface area contributed by atoms with E-state index >= 15 is 0 Å². The summed E-state index contributed by atoms with van der Waals surface area (Å²) in [6, 6.07) is 14.4. The lowest BCUT2D eigenvalue weighted by Gasteiger charge is -2.11. The third kappa shape index (κ3) is 3.98. The molecule has 0 radical (unpaired) electrons. The van der Waals surface area contributed by atoms with Gasteiger partial charge >= 0.3 is 0 Å². The van der Waals surface area contributed by atoms with Gasteiger partial charge in [0, 0.05) is 0 Å². The third-order valence-electron chi connectivity index (χ3n) is 3.93. The number of carbonyl (C=O) groups excluding carboxylic acids is 2. The fourth-order valence-corrected chi connectivity index (χ4v) is 2.64. The van der Waals surface area contributed by atoms with Crippen LogP contribution in [0.25, 0.3) is 6.08 Å². The van der Waals surface area contributed by atoms with Crippen molar-refractivity contribution in [1.29, 1.82) is 0 Å². The Hall–Kier alpha value is -3.61. The number of nitrogens with zero attached hydrogens (tertiary/aromatic N) is 2. The SMILES string of the molecule is COc1cc(/C=C2/C(=O)N(c3ccccc3)N=C2C)ccc1OCC(N)=O. The minimum absolute atomic E-state index is 0.202. The number of methoxy groups -OCH3 is 1. The Morgan fingerprint density at radius 3 is 2.59 bits per heavy atom. The lowest BCUT2D eigenvalue weighted by atomic mass is 10.1. The summed E-state index contributed by atoms with van der Waals surface area (Å²) in [5.41, 5.74) is 7.66. The molecule has 1 aliphatic rings. The molecule has 0 bridgehead atoms. The molecule has 0 spiro atoms. The van der Waals surface area contributed by atoms with Crippen LogP contribution in [0, 0.1) is 0 Å². The van der Waals surface area contributed by atoms with E-state index in [9.17, 15) is 9.59 Å². The maximum atomic E-state index is 12.8. The number of hydrazone groups is 1. The molecule has 27 heavy (non-hydrogen) atoms. The number of amides is 2. The first kappa shape index (κ1) is 18.2. The molecule has 2 N–H and O–H groups in total. The molecule has 1 heterocycles. The van der Waals surface area contributed by atoms with Crippen LogP contribution in [0.5, 0.6) is 11.5 Å². The molecule has 0 fully saturated rings. The van der Waals surface area contributed by atoms with E-state index in [1.165, 1.54) is 12.1 Å². The zero-order valence-electron chi connectivity index (χ0n) is 15.0. The summed E-state index contributed by atoms with van der Waals surface area (Å²) < 4.78 is 10.6. The first-order valence-corrected chi connectivity index (χ1v) is 8.25. The van der Waals surface area contributed by atoms with Gasteiger partial charge in [-0.15, -0.1) is 0 Å². The summed E-state index contributed by atoms with van der Waals surface area (Å²) in [6.07, 6.45) is 1.74. The quantitative estimate of drug-likeness (QED) is 0.795. The highest BCUT2D eigenvalue weighted by Gasteiger charge is 2.28. The Morgan fingerprint density at radius 1 is 1.19 bits per heavy atom. The minimum Gasteiger partial charge on any atom is -0.493 e. The van der Waals surface area contributed by atoms with Crippen LogP contribution in [0.3, 0.4) is 0 Å². The Labute approximate surface area is 156 Å². The van der Waals surface area contributed by atoms with E-state index in [1.807, 2.05) is 30.3 Å². The summed E-state index contributed by atoms with van der Waals surface area (Å²) in [6.45, 7) is 1.54. The van der Waals surface area contributed by atoms with Crippen LogP contribution >= 0.6 is 0 Å². The zero-order valence-corrected chi connectivity index (χ0v) is 15.0. The number of hydrogen-bond donors (Lipinski definition) is 1. The molecule has 0 saturated heterocycles. The molecule has 138 valence electrons. The molecule has 1 aliphatic heterocycles. The summed E-state index contributed by atoms with van der Waals surface area (Å²) in [7, 11) is 1.49. The van der Waals surface area contributed by atoms with Gasteiger partial charge < -0.3 is 15.2 Å². The van der Waals surface area contributed by atoms with Crippen molar-refractivity contribution in [2.75, 3.05) is 18.7 Å². The Kier molecular flexibility index (Phi) is 5.21. The largest absolute Gasteiger partial charge is 0.493 e. The summed E-state index contributed by atoms with van der Waals surface area (Å²) >= 11 is 0. The molecule has 2 amide bonds.